The molecule has 2 aliphatic rings. The summed E-state index contributed by atoms with van der Waals surface area (Å²) >= 11 is 0. The normalized spacial score (nSPS) is 19.4. The number of esters is 1. The van der Waals surface area contributed by atoms with E-state index in [1.54, 1.807) is 31.2 Å². The number of carbonyl (C=O) groups excluding carboxylic acids is 4. The van der Waals surface area contributed by atoms with Crippen molar-refractivity contribution in [3.8, 4) is 0 Å². The number of amides is 3. The topological polar surface area (TPSA) is 127 Å². The molecule has 0 aromatic heterocycles. The maximum atomic E-state index is 13.2. The van der Waals surface area contributed by atoms with Gasteiger partial charge in [-0.05, 0) is 31.0 Å². The number of nitrogens with zero attached hydrogens (tertiary/aromatic N) is 3. The molecular formula is C22H19N3O7. The highest BCUT2D eigenvalue weighted by Crippen LogP contribution is 2.39. The average Bonchev–Trinajstić information content (AvgIpc) is 3.02. The summed E-state index contributed by atoms with van der Waals surface area (Å²) < 4.78 is 4.90. The molecule has 2 aromatic rings. The molecule has 2 aromatic carbocycles. The van der Waals surface area contributed by atoms with Crippen LogP contribution in [-0.4, -0.2) is 53.2 Å². The van der Waals surface area contributed by atoms with Gasteiger partial charge in [-0.2, -0.15) is 0 Å². The van der Waals surface area contributed by atoms with Crippen molar-refractivity contribution in [1.29, 1.82) is 0 Å². The summed E-state index contributed by atoms with van der Waals surface area (Å²) in [4.78, 5) is 63.6. The van der Waals surface area contributed by atoms with E-state index in [1.807, 2.05) is 0 Å². The largest absolute Gasteiger partial charge is 0.469 e. The van der Waals surface area contributed by atoms with E-state index >= 15 is 0 Å². The summed E-state index contributed by atoms with van der Waals surface area (Å²) in [6, 6.07) is 9.94. The van der Waals surface area contributed by atoms with Crippen molar-refractivity contribution in [2.24, 2.45) is 0 Å². The molecule has 4 rings (SSSR count). The van der Waals surface area contributed by atoms with Crippen LogP contribution in [0.25, 0.3) is 0 Å². The highest BCUT2D eigenvalue weighted by atomic mass is 16.6. The number of nitro benzene ring substituents is 1. The van der Waals surface area contributed by atoms with E-state index in [4.69, 9.17) is 4.74 Å². The molecule has 2 heterocycles. The zero-order chi connectivity index (χ0) is 23.2. The van der Waals surface area contributed by atoms with Gasteiger partial charge in [-0.15, -0.1) is 0 Å². The maximum absolute atomic E-state index is 13.2. The summed E-state index contributed by atoms with van der Waals surface area (Å²) in [7, 11) is 1.31. The molecule has 164 valence electrons. The SMILES string of the molecule is COC(=O)C1CC(C)N(C(=O)CN2C(=O)c3ccc([N+](=O)[O-])cc3C2=O)c2ccccc21. The molecule has 2 atom stereocenters. The number of imide groups is 1. The number of hydrogen-bond donors (Lipinski definition) is 0. The van der Waals surface area contributed by atoms with E-state index in [1.165, 1.54) is 18.1 Å². The molecular weight excluding hydrogens is 418 g/mol. The lowest BCUT2D eigenvalue weighted by Gasteiger charge is -2.38. The molecule has 10 nitrogen and oxygen atoms in total. The molecule has 10 heteroatoms. The number of hydrogen-bond acceptors (Lipinski definition) is 7. The predicted molar refractivity (Wildman–Crippen MR) is 111 cm³/mol. The quantitative estimate of drug-likeness (QED) is 0.311. The predicted octanol–water partition coefficient (Wildman–Crippen LogP) is 2.27. The van der Waals surface area contributed by atoms with Crippen LogP contribution in [0, 0.1) is 10.1 Å². The Kier molecular flexibility index (Phi) is 5.21. The van der Waals surface area contributed by atoms with Crippen LogP contribution >= 0.6 is 0 Å². The second-order valence-electron chi connectivity index (χ2n) is 7.67. The van der Waals surface area contributed by atoms with E-state index in [0.29, 0.717) is 17.7 Å². The highest BCUT2D eigenvalue weighted by Gasteiger charge is 2.42. The number of para-hydroxylation sites is 1. The maximum Gasteiger partial charge on any atom is 0.313 e. The number of rotatable bonds is 4. The first kappa shape index (κ1) is 21.2. The molecule has 0 N–H and O–H groups in total. The third-order valence-corrected chi connectivity index (χ3v) is 5.80. The molecule has 2 unspecified atom stereocenters. The van der Waals surface area contributed by atoms with Gasteiger partial charge in [-0.1, -0.05) is 18.2 Å². The van der Waals surface area contributed by atoms with Crippen LogP contribution in [0.2, 0.25) is 0 Å². The Morgan fingerprint density at radius 1 is 1.12 bits per heavy atom. The summed E-state index contributed by atoms with van der Waals surface area (Å²) in [6.07, 6.45) is 0.323. The first-order valence-electron chi connectivity index (χ1n) is 9.88. The van der Waals surface area contributed by atoms with Crippen LogP contribution in [0.3, 0.4) is 0 Å². The highest BCUT2D eigenvalue weighted by molar-refractivity contribution is 6.23. The number of carbonyl (C=O) groups is 4. The zero-order valence-electron chi connectivity index (χ0n) is 17.3. The fourth-order valence-corrected chi connectivity index (χ4v) is 4.31. The molecule has 0 saturated carbocycles. The minimum Gasteiger partial charge on any atom is -0.469 e. The Balaban J connectivity index is 1.62. The van der Waals surface area contributed by atoms with Crippen LogP contribution < -0.4 is 4.90 Å². The van der Waals surface area contributed by atoms with Gasteiger partial charge in [0, 0.05) is 23.9 Å². The third kappa shape index (κ3) is 3.29. The van der Waals surface area contributed by atoms with E-state index in [9.17, 15) is 29.3 Å². The van der Waals surface area contributed by atoms with Crippen molar-refractivity contribution >= 4 is 35.1 Å². The van der Waals surface area contributed by atoms with Gasteiger partial charge in [0.25, 0.3) is 17.5 Å². The summed E-state index contributed by atoms with van der Waals surface area (Å²) in [5.74, 6) is -2.88. The number of non-ortho nitro benzene ring substituents is 1. The van der Waals surface area contributed by atoms with Crippen molar-refractivity contribution in [3.05, 3.63) is 69.3 Å². The van der Waals surface area contributed by atoms with Crippen LogP contribution in [0.4, 0.5) is 11.4 Å². The zero-order valence-corrected chi connectivity index (χ0v) is 17.3. The molecule has 32 heavy (non-hydrogen) atoms. The fourth-order valence-electron chi connectivity index (χ4n) is 4.31. The Labute approximate surface area is 182 Å². The van der Waals surface area contributed by atoms with Gasteiger partial charge >= 0.3 is 5.97 Å². The van der Waals surface area contributed by atoms with Crippen molar-refractivity contribution in [1.82, 2.24) is 4.90 Å². The molecule has 0 bridgehead atoms. The van der Waals surface area contributed by atoms with Crippen LogP contribution in [0.5, 0.6) is 0 Å². The Bertz CT molecular complexity index is 1180. The molecule has 0 radical (unpaired) electrons. The van der Waals surface area contributed by atoms with E-state index < -0.39 is 47.1 Å². The molecule has 0 fully saturated rings. The first-order valence-corrected chi connectivity index (χ1v) is 9.88. The minimum atomic E-state index is -0.757. The third-order valence-electron chi connectivity index (χ3n) is 5.80. The number of benzene rings is 2. The molecule has 2 aliphatic heterocycles. The second kappa shape index (κ2) is 7.88. The lowest BCUT2D eigenvalue weighted by Crippen LogP contribution is -2.49. The number of methoxy groups -OCH3 is 1. The van der Waals surface area contributed by atoms with Crippen LogP contribution in [0.1, 0.15) is 45.5 Å². The van der Waals surface area contributed by atoms with Gasteiger partial charge in [-0.3, -0.25) is 34.2 Å². The Morgan fingerprint density at radius 3 is 2.50 bits per heavy atom. The molecule has 0 spiro atoms. The van der Waals surface area contributed by atoms with Crippen LogP contribution in [0.15, 0.2) is 42.5 Å². The molecule has 3 amide bonds. The van der Waals surface area contributed by atoms with Crippen molar-refractivity contribution in [2.75, 3.05) is 18.6 Å². The standard InChI is InChI=1S/C22H19N3O7/c1-12-9-17(22(29)32-2)14-5-3-4-6-18(14)24(12)19(26)11-23-20(27)15-8-7-13(25(30)31)10-16(15)21(23)28/h3-8,10,12,17H,9,11H2,1-2H3. The summed E-state index contributed by atoms with van der Waals surface area (Å²) in [5.41, 5.74) is 0.745. The Hall–Kier alpha value is -4.08. The van der Waals surface area contributed by atoms with Gasteiger partial charge in [0.05, 0.1) is 29.1 Å². The van der Waals surface area contributed by atoms with Gasteiger partial charge in [-0.25, -0.2) is 0 Å². The fraction of sp³-hybridized carbons (Fsp3) is 0.273. The van der Waals surface area contributed by atoms with Crippen molar-refractivity contribution < 1.29 is 28.8 Å². The molecule has 0 aliphatic carbocycles. The van der Waals surface area contributed by atoms with E-state index in [2.05, 4.69) is 0 Å². The second-order valence-corrected chi connectivity index (χ2v) is 7.67. The smallest absolute Gasteiger partial charge is 0.313 e. The lowest BCUT2D eigenvalue weighted by atomic mass is 9.86. The van der Waals surface area contributed by atoms with E-state index in [0.717, 1.165) is 17.0 Å². The lowest BCUT2D eigenvalue weighted by molar-refractivity contribution is -0.384. The first-order chi connectivity index (χ1) is 15.2. The number of nitro groups is 1. The summed E-state index contributed by atoms with van der Waals surface area (Å²) in [6.45, 7) is 1.25. The number of fused-ring (bicyclic) bond motifs is 2. The van der Waals surface area contributed by atoms with Crippen molar-refractivity contribution in [2.45, 2.75) is 25.3 Å². The number of anilines is 1. The monoisotopic (exact) mass is 437 g/mol. The van der Waals surface area contributed by atoms with Crippen LogP contribution in [-0.2, 0) is 14.3 Å². The summed E-state index contributed by atoms with van der Waals surface area (Å²) in [5, 5.41) is 11.0. The number of ether oxygens (including phenoxy) is 1. The minimum absolute atomic E-state index is 0.0197. The van der Waals surface area contributed by atoms with Gasteiger partial charge < -0.3 is 9.64 Å². The molecule has 0 saturated heterocycles. The van der Waals surface area contributed by atoms with E-state index in [-0.39, 0.29) is 16.8 Å². The average molecular weight is 437 g/mol. The van der Waals surface area contributed by atoms with Gasteiger partial charge in [0.1, 0.15) is 6.54 Å². The van der Waals surface area contributed by atoms with Gasteiger partial charge in [0.15, 0.2) is 0 Å². The van der Waals surface area contributed by atoms with Gasteiger partial charge in [0.2, 0.25) is 5.91 Å². The van der Waals surface area contributed by atoms with Crippen molar-refractivity contribution in [3.63, 3.8) is 0 Å². The Morgan fingerprint density at radius 2 is 1.81 bits per heavy atom.